The number of sulfonamides is 1. The van der Waals surface area contributed by atoms with E-state index in [0.717, 1.165) is 0 Å². The first-order chi connectivity index (χ1) is 14.1. The summed E-state index contributed by atoms with van der Waals surface area (Å²) in [5.41, 5.74) is 1.00. The van der Waals surface area contributed by atoms with Gasteiger partial charge in [-0.3, -0.25) is 4.79 Å². The molecule has 0 bridgehead atoms. The number of carbonyl (C=O) groups is 1. The lowest BCUT2D eigenvalue weighted by molar-refractivity contribution is 0.102. The van der Waals surface area contributed by atoms with Crippen LogP contribution in [0.4, 0.5) is 5.69 Å². The number of aromatic nitrogens is 4. The summed E-state index contributed by atoms with van der Waals surface area (Å²) in [6, 6.07) is 12.9. The number of thioether (sulfide) groups is 1. The van der Waals surface area contributed by atoms with Gasteiger partial charge in [-0.1, -0.05) is 17.8 Å². The van der Waals surface area contributed by atoms with Gasteiger partial charge in [-0.25, -0.2) is 13.1 Å². The normalized spacial score (nSPS) is 12.0. The summed E-state index contributed by atoms with van der Waals surface area (Å²) in [5.74, 6) is -0.360. The minimum atomic E-state index is -3.66. The van der Waals surface area contributed by atoms with E-state index in [0.29, 0.717) is 22.1 Å². The summed E-state index contributed by atoms with van der Waals surface area (Å²) in [5, 5.41) is 15.0. The van der Waals surface area contributed by atoms with E-state index < -0.39 is 15.6 Å². The van der Waals surface area contributed by atoms with Crippen LogP contribution in [0.25, 0.3) is 5.69 Å². The Balaban J connectivity index is 1.76. The molecule has 0 atom stereocenters. The lowest BCUT2D eigenvalue weighted by Gasteiger charge is -2.20. The average molecular weight is 447 g/mol. The SMILES string of the molecule is CSc1nnnn1-c1cccc(NC(=O)c2ccc(S(=O)(=O)NC(C)(C)C)cc2)c1. The zero-order valence-electron chi connectivity index (χ0n) is 16.9. The molecule has 30 heavy (non-hydrogen) atoms. The molecule has 0 spiro atoms. The van der Waals surface area contributed by atoms with Crippen molar-refractivity contribution >= 4 is 33.4 Å². The number of hydrogen-bond donors (Lipinski definition) is 2. The van der Waals surface area contributed by atoms with Crippen molar-refractivity contribution in [2.24, 2.45) is 0 Å². The van der Waals surface area contributed by atoms with Crippen molar-refractivity contribution in [1.82, 2.24) is 24.9 Å². The fourth-order valence-corrected chi connectivity index (χ4v) is 4.49. The number of nitrogens with zero attached hydrogens (tertiary/aromatic N) is 4. The Kier molecular flexibility index (Phi) is 6.25. The molecule has 3 aromatic rings. The molecule has 0 fully saturated rings. The molecule has 0 aliphatic rings. The van der Waals surface area contributed by atoms with Gasteiger partial charge in [0.2, 0.25) is 15.2 Å². The van der Waals surface area contributed by atoms with E-state index in [1.54, 1.807) is 43.7 Å². The summed E-state index contributed by atoms with van der Waals surface area (Å²) >= 11 is 1.41. The van der Waals surface area contributed by atoms with Gasteiger partial charge in [0.05, 0.1) is 10.6 Å². The highest BCUT2D eigenvalue weighted by atomic mass is 32.2. The number of rotatable bonds is 6. The number of carbonyl (C=O) groups excluding carboxylic acids is 1. The van der Waals surface area contributed by atoms with Crippen LogP contribution in [0.15, 0.2) is 58.6 Å². The van der Waals surface area contributed by atoms with E-state index in [1.165, 1.54) is 36.0 Å². The van der Waals surface area contributed by atoms with Crippen molar-refractivity contribution in [2.75, 3.05) is 11.6 Å². The molecule has 0 saturated heterocycles. The number of hydrogen-bond acceptors (Lipinski definition) is 7. The maximum atomic E-state index is 12.6. The van der Waals surface area contributed by atoms with E-state index in [2.05, 4.69) is 25.6 Å². The average Bonchev–Trinajstić information content (AvgIpc) is 3.15. The summed E-state index contributed by atoms with van der Waals surface area (Å²) in [6.07, 6.45) is 1.87. The smallest absolute Gasteiger partial charge is 0.255 e. The van der Waals surface area contributed by atoms with Gasteiger partial charge in [0, 0.05) is 16.8 Å². The molecule has 1 aromatic heterocycles. The van der Waals surface area contributed by atoms with Gasteiger partial charge in [-0.15, -0.1) is 5.10 Å². The largest absolute Gasteiger partial charge is 0.322 e. The molecule has 2 aromatic carbocycles. The third-order valence-corrected chi connectivity index (χ3v) is 6.23. The van der Waals surface area contributed by atoms with Gasteiger partial charge in [0.1, 0.15) is 0 Å². The first kappa shape index (κ1) is 21.9. The van der Waals surface area contributed by atoms with E-state index in [9.17, 15) is 13.2 Å². The van der Waals surface area contributed by atoms with Crippen LogP contribution in [0.5, 0.6) is 0 Å². The Labute approximate surface area is 179 Å². The summed E-state index contributed by atoms with van der Waals surface area (Å²) in [6.45, 7) is 5.29. The zero-order valence-corrected chi connectivity index (χ0v) is 18.6. The molecular formula is C19H22N6O3S2. The lowest BCUT2D eigenvalue weighted by atomic mass is 10.1. The number of tetrazole rings is 1. The van der Waals surface area contributed by atoms with E-state index in [1.807, 2.05) is 12.3 Å². The molecule has 0 radical (unpaired) electrons. The van der Waals surface area contributed by atoms with Crippen molar-refractivity contribution in [3.05, 3.63) is 54.1 Å². The first-order valence-electron chi connectivity index (χ1n) is 8.97. The van der Waals surface area contributed by atoms with Gasteiger partial charge in [-0.2, -0.15) is 4.68 Å². The summed E-state index contributed by atoms with van der Waals surface area (Å²) < 4.78 is 28.9. The van der Waals surface area contributed by atoms with Crippen LogP contribution in [0.1, 0.15) is 31.1 Å². The zero-order chi connectivity index (χ0) is 21.9. The lowest BCUT2D eigenvalue weighted by Crippen LogP contribution is -2.40. The summed E-state index contributed by atoms with van der Waals surface area (Å²) in [7, 11) is -3.66. The Hall–Kier alpha value is -2.76. The third kappa shape index (κ3) is 5.23. The molecule has 0 aliphatic carbocycles. The standard InChI is InChI=1S/C19H22N6O3S2/c1-19(2,3)22-30(27,28)16-10-8-13(9-11-16)17(26)20-14-6-5-7-15(12-14)25-18(29-4)21-23-24-25/h5-12,22H,1-4H3,(H,20,26). The predicted octanol–water partition coefficient (Wildman–Crippen LogP) is 2.71. The molecule has 158 valence electrons. The van der Waals surface area contributed by atoms with Crippen LogP contribution in [-0.4, -0.2) is 46.3 Å². The third-order valence-electron chi connectivity index (χ3n) is 3.84. The van der Waals surface area contributed by atoms with E-state index in [4.69, 9.17) is 0 Å². The molecule has 11 heteroatoms. The molecule has 0 aliphatic heterocycles. The van der Waals surface area contributed by atoms with E-state index in [-0.39, 0.29) is 10.8 Å². The first-order valence-corrected chi connectivity index (χ1v) is 11.7. The van der Waals surface area contributed by atoms with Gasteiger partial charge in [0.25, 0.3) is 5.91 Å². The van der Waals surface area contributed by atoms with Gasteiger partial charge in [-0.05, 0) is 79.9 Å². The van der Waals surface area contributed by atoms with Crippen LogP contribution >= 0.6 is 11.8 Å². The molecular weight excluding hydrogens is 424 g/mol. The Morgan fingerprint density at radius 2 is 1.80 bits per heavy atom. The number of nitrogens with one attached hydrogen (secondary N) is 2. The molecule has 0 unspecified atom stereocenters. The molecule has 1 heterocycles. The van der Waals surface area contributed by atoms with E-state index >= 15 is 0 Å². The van der Waals surface area contributed by atoms with Crippen LogP contribution in [0, 0.1) is 0 Å². The number of benzene rings is 2. The fourth-order valence-electron chi connectivity index (χ4n) is 2.63. The van der Waals surface area contributed by atoms with Crippen molar-refractivity contribution in [2.45, 2.75) is 36.4 Å². The second kappa shape index (κ2) is 8.54. The predicted molar refractivity (Wildman–Crippen MR) is 115 cm³/mol. The molecule has 0 saturated carbocycles. The Morgan fingerprint density at radius 1 is 1.10 bits per heavy atom. The van der Waals surface area contributed by atoms with Crippen molar-refractivity contribution in [3.63, 3.8) is 0 Å². The Morgan fingerprint density at radius 3 is 2.43 bits per heavy atom. The summed E-state index contributed by atoms with van der Waals surface area (Å²) in [4.78, 5) is 12.7. The second-order valence-corrected chi connectivity index (χ2v) is 9.92. The molecule has 3 rings (SSSR count). The van der Waals surface area contributed by atoms with Gasteiger partial charge < -0.3 is 5.32 Å². The van der Waals surface area contributed by atoms with Crippen LogP contribution in [0.2, 0.25) is 0 Å². The second-order valence-electron chi connectivity index (χ2n) is 7.46. The Bertz CT molecular complexity index is 1150. The minimum Gasteiger partial charge on any atom is -0.322 e. The van der Waals surface area contributed by atoms with Crippen molar-refractivity contribution in [1.29, 1.82) is 0 Å². The van der Waals surface area contributed by atoms with Crippen molar-refractivity contribution in [3.8, 4) is 5.69 Å². The van der Waals surface area contributed by atoms with Crippen LogP contribution < -0.4 is 10.0 Å². The van der Waals surface area contributed by atoms with Crippen LogP contribution in [0.3, 0.4) is 0 Å². The maximum Gasteiger partial charge on any atom is 0.255 e. The fraction of sp³-hybridized carbons (Fsp3) is 0.263. The van der Waals surface area contributed by atoms with Crippen LogP contribution in [-0.2, 0) is 10.0 Å². The highest BCUT2D eigenvalue weighted by Crippen LogP contribution is 2.20. The molecule has 1 amide bonds. The quantitative estimate of drug-likeness (QED) is 0.559. The van der Waals surface area contributed by atoms with Gasteiger partial charge in [0.15, 0.2) is 0 Å². The topological polar surface area (TPSA) is 119 Å². The maximum absolute atomic E-state index is 12.6. The number of anilines is 1. The monoisotopic (exact) mass is 446 g/mol. The molecule has 2 N–H and O–H groups in total. The van der Waals surface area contributed by atoms with Gasteiger partial charge >= 0.3 is 0 Å². The highest BCUT2D eigenvalue weighted by molar-refractivity contribution is 7.98. The van der Waals surface area contributed by atoms with Crippen molar-refractivity contribution < 1.29 is 13.2 Å². The minimum absolute atomic E-state index is 0.0965. The molecule has 9 nitrogen and oxygen atoms in total. The highest BCUT2D eigenvalue weighted by Gasteiger charge is 2.22. The number of amides is 1.